The van der Waals surface area contributed by atoms with Crippen molar-refractivity contribution in [2.45, 2.75) is 19.5 Å². The summed E-state index contributed by atoms with van der Waals surface area (Å²) in [6.07, 6.45) is 0. The first-order chi connectivity index (χ1) is 11.5. The molecule has 1 atom stereocenters. The fraction of sp³-hybridized carbons (Fsp3) is 0.263. The van der Waals surface area contributed by atoms with Gasteiger partial charge >= 0.3 is 5.97 Å². The maximum Gasteiger partial charge on any atom is 0.326 e. The molecule has 3 aromatic rings. The summed E-state index contributed by atoms with van der Waals surface area (Å²) in [6, 6.07) is 15.1. The number of hydrogen-bond donors (Lipinski definition) is 1. The van der Waals surface area contributed by atoms with Crippen molar-refractivity contribution in [3.05, 3.63) is 54.1 Å². The summed E-state index contributed by atoms with van der Waals surface area (Å²) in [5.41, 5.74) is 3.76. The molecule has 0 saturated carbocycles. The van der Waals surface area contributed by atoms with Crippen LogP contribution in [0.25, 0.3) is 22.4 Å². The summed E-state index contributed by atoms with van der Waals surface area (Å²) in [5.74, 6) is -0.189. The third-order valence-corrected chi connectivity index (χ3v) is 4.05. The molecule has 0 aliphatic rings. The van der Waals surface area contributed by atoms with Gasteiger partial charge < -0.3 is 14.6 Å². The van der Waals surface area contributed by atoms with Crippen molar-refractivity contribution in [3.8, 4) is 11.4 Å². The third kappa shape index (κ3) is 3.03. The number of imidazole rings is 1. The van der Waals surface area contributed by atoms with Gasteiger partial charge in [0.2, 0.25) is 0 Å². The molecule has 1 N–H and O–H groups in total. The predicted molar refractivity (Wildman–Crippen MR) is 94.9 cm³/mol. The molecule has 1 heterocycles. The van der Waals surface area contributed by atoms with Gasteiger partial charge in [-0.3, -0.25) is 0 Å². The number of carboxylic acids is 1. The number of carbonyl (C=O) groups is 1. The summed E-state index contributed by atoms with van der Waals surface area (Å²) < 4.78 is 1.79. The highest BCUT2D eigenvalue weighted by molar-refractivity contribution is 5.84. The van der Waals surface area contributed by atoms with E-state index in [0.717, 1.165) is 23.1 Å². The minimum atomic E-state index is -0.872. The zero-order valence-electron chi connectivity index (χ0n) is 14.1. The quantitative estimate of drug-likeness (QED) is 0.782. The van der Waals surface area contributed by atoms with Crippen LogP contribution in [0.2, 0.25) is 0 Å². The maximum absolute atomic E-state index is 11.5. The molecule has 0 bridgehead atoms. The molecule has 1 unspecified atom stereocenters. The number of aliphatic carboxylic acids is 1. The molecule has 124 valence electrons. The Kier molecular flexibility index (Phi) is 4.36. The average molecular weight is 323 g/mol. The number of benzene rings is 2. The monoisotopic (exact) mass is 323 g/mol. The number of fused-ring (bicyclic) bond motifs is 1. The van der Waals surface area contributed by atoms with Gasteiger partial charge in [0, 0.05) is 12.1 Å². The first-order valence-corrected chi connectivity index (χ1v) is 7.91. The van der Waals surface area contributed by atoms with Crippen molar-refractivity contribution in [2.24, 2.45) is 0 Å². The predicted octanol–water partition coefficient (Wildman–Crippen LogP) is 3.41. The standard InChI is InChI=1S/C19H21N3O2/c1-13(19(23)24)22-17-7-5-4-6-16(17)20-18(22)15-10-8-14(9-11-15)12-21(2)3/h4-11,13H,12H2,1-3H3,(H,23,24). The molecule has 3 rings (SSSR count). The molecule has 0 radical (unpaired) electrons. The molecule has 0 fully saturated rings. The Bertz CT molecular complexity index is 866. The first kappa shape index (κ1) is 16.2. The van der Waals surface area contributed by atoms with Crippen molar-refractivity contribution in [1.29, 1.82) is 0 Å². The van der Waals surface area contributed by atoms with Gasteiger partial charge in [-0.05, 0) is 38.7 Å². The van der Waals surface area contributed by atoms with E-state index in [1.165, 1.54) is 5.56 Å². The SMILES string of the molecule is CC(C(=O)O)n1c(-c2ccc(CN(C)C)cc2)nc2ccccc21. The molecular formula is C19H21N3O2. The van der Waals surface area contributed by atoms with Crippen LogP contribution >= 0.6 is 0 Å². The van der Waals surface area contributed by atoms with E-state index in [4.69, 9.17) is 0 Å². The Balaban J connectivity index is 2.11. The minimum absolute atomic E-state index is 0.683. The smallest absolute Gasteiger partial charge is 0.326 e. The second kappa shape index (κ2) is 6.45. The largest absolute Gasteiger partial charge is 0.480 e. The summed E-state index contributed by atoms with van der Waals surface area (Å²) in [4.78, 5) is 18.3. The lowest BCUT2D eigenvalue weighted by molar-refractivity contribution is -0.140. The summed E-state index contributed by atoms with van der Waals surface area (Å²) >= 11 is 0. The van der Waals surface area contributed by atoms with Crippen LogP contribution in [0.15, 0.2) is 48.5 Å². The van der Waals surface area contributed by atoms with E-state index < -0.39 is 12.0 Å². The van der Waals surface area contributed by atoms with Crippen molar-refractivity contribution < 1.29 is 9.90 Å². The van der Waals surface area contributed by atoms with E-state index in [-0.39, 0.29) is 0 Å². The zero-order valence-corrected chi connectivity index (χ0v) is 14.1. The van der Waals surface area contributed by atoms with E-state index >= 15 is 0 Å². The van der Waals surface area contributed by atoms with Gasteiger partial charge in [-0.1, -0.05) is 36.4 Å². The third-order valence-electron chi connectivity index (χ3n) is 4.05. The van der Waals surface area contributed by atoms with Crippen LogP contribution < -0.4 is 0 Å². The minimum Gasteiger partial charge on any atom is -0.480 e. The lowest BCUT2D eigenvalue weighted by Crippen LogP contribution is -2.16. The molecule has 0 amide bonds. The van der Waals surface area contributed by atoms with E-state index in [0.29, 0.717) is 5.82 Å². The number of carboxylic acid groups (broad SMARTS) is 1. The summed E-state index contributed by atoms with van der Waals surface area (Å²) in [6.45, 7) is 2.54. The molecule has 0 saturated heterocycles. The van der Waals surface area contributed by atoms with Crippen molar-refractivity contribution >= 4 is 17.0 Å². The van der Waals surface area contributed by atoms with Gasteiger partial charge in [-0.25, -0.2) is 9.78 Å². The van der Waals surface area contributed by atoms with Crippen LogP contribution in [-0.2, 0) is 11.3 Å². The summed E-state index contributed by atoms with van der Waals surface area (Å²) in [5, 5.41) is 9.47. The molecule has 0 aliphatic heterocycles. The van der Waals surface area contributed by atoms with Crippen molar-refractivity contribution in [2.75, 3.05) is 14.1 Å². The highest BCUT2D eigenvalue weighted by Crippen LogP contribution is 2.28. The Morgan fingerprint density at radius 1 is 1.17 bits per heavy atom. The molecule has 2 aromatic carbocycles. The average Bonchev–Trinajstić information content (AvgIpc) is 2.93. The van der Waals surface area contributed by atoms with E-state index in [1.54, 1.807) is 11.5 Å². The van der Waals surface area contributed by atoms with Gasteiger partial charge in [0.05, 0.1) is 11.0 Å². The van der Waals surface area contributed by atoms with E-state index in [2.05, 4.69) is 22.0 Å². The number of nitrogens with zero attached hydrogens (tertiary/aromatic N) is 3. The van der Waals surface area contributed by atoms with Gasteiger partial charge in [-0.2, -0.15) is 0 Å². The van der Waals surface area contributed by atoms with Gasteiger partial charge in [0.15, 0.2) is 0 Å². The molecule has 0 aliphatic carbocycles. The Morgan fingerprint density at radius 2 is 1.83 bits per heavy atom. The Labute approximate surface area is 141 Å². The second-order valence-corrected chi connectivity index (χ2v) is 6.24. The molecule has 5 nitrogen and oxygen atoms in total. The summed E-state index contributed by atoms with van der Waals surface area (Å²) in [7, 11) is 4.06. The van der Waals surface area contributed by atoms with Crippen molar-refractivity contribution in [1.82, 2.24) is 14.5 Å². The topological polar surface area (TPSA) is 58.4 Å². The fourth-order valence-corrected chi connectivity index (χ4v) is 2.87. The lowest BCUT2D eigenvalue weighted by atomic mass is 10.1. The number of para-hydroxylation sites is 2. The van der Waals surface area contributed by atoms with Gasteiger partial charge in [0.1, 0.15) is 11.9 Å². The number of rotatable bonds is 5. The molecule has 24 heavy (non-hydrogen) atoms. The fourth-order valence-electron chi connectivity index (χ4n) is 2.87. The second-order valence-electron chi connectivity index (χ2n) is 6.24. The van der Waals surface area contributed by atoms with E-state index in [1.807, 2.05) is 50.5 Å². The molecular weight excluding hydrogens is 302 g/mol. The lowest BCUT2D eigenvalue weighted by Gasteiger charge is -2.14. The van der Waals surface area contributed by atoms with Crippen LogP contribution in [-0.4, -0.2) is 39.6 Å². The highest BCUT2D eigenvalue weighted by Gasteiger charge is 2.21. The molecule has 5 heteroatoms. The maximum atomic E-state index is 11.5. The van der Waals surface area contributed by atoms with Crippen molar-refractivity contribution in [3.63, 3.8) is 0 Å². The van der Waals surface area contributed by atoms with Crippen LogP contribution in [0, 0.1) is 0 Å². The van der Waals surface area contributed by atoms with Crippen LogP contribution in [0.5, 0.6) is 0 Å². The number of aromatic nitrogens is 2. The first-order valence-electron chi connectivity index (χ1n) is 7.91. The molecule has 0 spiro atoms. The number of hydrogen-bond acceptors (Lipinski definition) is 3. The normalized spacial score (nSPS) is 12.7. The van der Waals surface area contributed by atoms with Gasteiger partial charge in [0.25, 0.3) is 0 Å². The van der Waals surface area contributed by atoms with Crippen LogP contribution in [0.3, 0.4) is 0 Å². The van der Waals surface area contributed by atoms with Crippen LogP contribution in [0.4, 0.5) is 0 Å². The Hall–Kier alpha value is -2.66. The Morgan fingerprint density at radius 3 is 2.46 bits per heavy atom. The highest BCUT2D eigenvalue weighted by atomic mass is 16.4. The van der Waals surface area contributed by atoms with E-state index in [9.17, 15) is 9.90 Å². The van der Waals surface area contributed by atoms with Crippen LogP contribution in [0.1, 0.15) is 18.5 Å². The zero-order chi connectivity index (χ0) is 17.3. The molecule has 1 aromatic heterocycles. The van der Waals surface area contributed by atoms with Gasteiger partial charge in [-0.15, -0.1) is 0 Å².